The van der Waals surface area contributed by atoms with Gasteiger partial charge in [-0.2, -0.15) is 0 Å². The fourth-order valence-corrected chi connectivity index (χ4v) is 5.03. The molecule has 1 N–H and O–H groups in total. The number of likely N-dealkylation sites (tertiary alicyclic amines) is 1. The smallest absolute Gasteiger partial charge is 0.256 e. The third kappa shape index (κ3) is 5.83. The Balaban J connectivity index is 1.59. The number of nitrogens with one attached hydrogen (secondary N) is 1. The summed E-state index contributed by atoms with van der Waals surface area (Å²) in [5.41, 5.74) is 3.04. The van der Waals surface area contributed by atoms with E-state index in [-0.39, 0.29) is 17.9 Å². The summed E-state index contributed by atoms with van der Waals surface area (Å²) in [6.07, 6.45) is 3.92. The van der Waals surface area contributed by atoms with Crippen molar-refractivity contribution >= 4 is 11.8 Å². The van der Waals surface area contributed by atoms with Gasteiger partial charge in [-0.1, -0.05) is 43.7 Å². The highest BCUT2D eigenvalue weighted by Crippen LogP contribution is 2.28. The van der Waals surface area contributed by atoms with Gasteiger partial charge in [-0.3, -0.25) is 19.5 Å². The van der Waals surface area contributed by atoms with E-state index in [0.717, 1.165) is 26.2 Å². The molecule has 7 heteroatoms. The van der Waals surface area contributed by atoms with Gasteiger partial charge in [0.25, 0.3) is 5.91 Å². The minimum Gasteiger partial charge on any atom is -0.338 e. The molecule has 0 spiro atoms. The summed E-state index contributed by atoms with van der Waals surface area (Å²) in [6.45, 7) is 11.8. The van der Waals surface area contributed by atoms with Gasteiger partial charge in [0.1, 0.15) is 6.04 Å². The van der Waals surface area contributed by atoms with Crippen molar-refractivity contribution in [3.63, 3.8) is 0 Å². The second-order valence-corrected chi connectivity index (χ2v) is 9.99. The number of carbonyl (C=O) groups excluding carboxylic acids is 2. The van der Waals surface area contributed by atoms with E-state index in [2.05, 4.69) is 60.2 Å². The number of piperazine rings is 1. The molecule has 2 aromatic rings. The minimum atomic E-state index is -0.441. The molecule has 0 saturated carbocycles. The summed E-state index contributed by atoms with van der Waals surface area (Å²) in [5.74, 6) is 0.445. The first-order chi connectivity index (χ1) is 16.4. The van der Waals surface area contributed by atoms with Crippen LogP contribution in [0.3, 0.4) is 0 Å². The molecule has 2 atom stereocenters. The molecule has 0 aliphatic carbocycles. The summed E-state index contributed by atoms with van der Waals surface area (Å²) in [4.78, 5) is 37.4. The number of rotatable bonds is 7. The van der Waals surface area contributed by atoms with Crippen molar-refractivity contribution in [1.29, 1.82) is 0 Å². The third-order valence-corrected chi connectivity index (χ3v) is 6.78. The SMILES string of the molecule is Cc1ccc(CN(CC(C)C)C2CC(C(=O)N3CCNCC3)N(C(=O)c3cccnc3)C2)cc1. The minimum absolute atomic E-state index is 0.0704. The third-order valence-electron chi connectivity index (χ3n) is 6.78. The Morgan fingerprint density at radius 1 is 1.15 bits per heavy atom. The number of carbonyl (C=O) groups is 2. The Kier molecular flexibility index (Phi) is 7.95. The first-order valence-electron chi connectivity index (χ1n) is 12.4. The van der Waals surface area contributed by atoms with Crippen molar-refractivity contribution in [3.05, 3.63) is 65.5 Å². The number of nitrogens with zero attached hydrogens (tertiary/aromatic N) is 4. The second-order valence-electron chi connectivity index (χ2n) is 9.99. The highest BCUT2D eigenvalue weighted by molar-refractivity contribution is 5.97. The number of hydrogen-bond acceptors (Lipinski definition) is 5. The van der Waals surface area contributed by atoms with E-state index in [1.807, 2.05) is 4.90 Å². The lowest BCUT2D eigenvalue weighted by Gasteiger charge is -2.32. The van der Waals surface area contributed by atoms with Crippen molar-refractivity contribution in [2.45, 2.75) is 45.8 Å². The van der Waals surface area contributed by atoms with E-state index < -0.39 is 6.04 Å². The Bertz CT molecular complexity index is 957. The molecule has 7 nitrogen and oxygen atoms in total. The van der Waals surface area contributed by atoms with Gasteiger partial charge < -0.3 is 15.1 Å². The van der Waals surface area contributed by atoms with Crippen LogP contribution in [-0.4, -0.2) is 82.9 Å². The maximum atomic E-state index is 13.6. The zero-order valence-corrected chi connectivity index (χ0v) is 20.6. The van der Waals surface area contributed by atoms with Crippen molar-refractivity contribution in [3.8, 4) is 0 Å². The number of hydrogen-bond donors (Lipinski definition) is 1. The molecule has 2 saturated heterocycles. The first kappa shape index (κ1) is 24.4. The predicted molar refractivity (Wildman–Crippen MR) is 133 cm³/mol. The number of benzene rings is 1. The predicted octanol–water partition coefficient (Wildman–Crippen LogP) is 2.56. The first-order valence-corrected chi connectivity index (χ1v) is 12.4. The number of amides is 2. The molecule has 182 valence electrons. The topological polar surface area (TPSA) is 68.8 Å². The van der Waals surface area contributed by atoms with Crippen LogP contribution < -0.4 is 5.32 Å². The van der Waals surface area contributed by atoms with E-state index in [1.165, 1.54) is 11.1 Å². The largest absolute Gasteiger partial charge is 0.338 e. The van der Waals surface area contributed by atoms with E-state index >= 15 is 0 Å². The molecule has 2 unspecified atom stereocenters. The summed E-state index contributed by atoms with van der Waals surface area (Å²) in [6, 6.07) is 11.9. The number of aryl methyl sites for hydroxylation is 1. The summed E-state index contributed by atoms with van der Waals surface area (Å²) in [7, 11) is 0. The maximum Gasteiger partial charge on any atom is 0.256 e. The molecule has 0 bridgehead atoms. The van der Waals surface area contributed by atoms with Gasteiger partial charge in [0.2, 0.25) is 5.91 Å². The zero-order chi connectivity index (χ0) is 24.1. The van der Waals surface area contributed by atoms with Gasteiger partial charge in [0, 0.05) is 64.2 Å². The molecular formula is C27H37N5O2. The average Bonchev–Trinajstić information content (AvgIpc) is 3.30. The number of pyridine rings is 1. The zero-order valence-electron chi connectivity index (χ0n) is 20.6. The van der Waals surface area contributed by atoms with Crippen molar-refractivity contribution in [2.75, 3.05) is 39.3 Å². The molecule has 0 radical (unpaired) electrons. The average molecular weight is 464 g/mol. The van der Waals surface area contributed by atoms with Gasteiger partial charge in [0.05, 0.1) is 5.56 Å². The lowest BCUT2D eigenvalue weighted by Crippen LogP contribution is -2.53. The molecule has 34 heavy (non-hydrogen) atoms. The van der Waals surface area contributed by atoms with Gasteiger partial charge in [-0.25, -0.2) is 0 Å². The normalized spacial score (nSPS) is 20.9. The van der Waals surface area contributed by atoms with Crippen LogP contribution in [0.2, 0.25) is 0 Å². The van der Waals surface area contributed by atoms with E-state index in [0.29, 0.717) is 37.5 Å². The molecule has 2 amide bonds. The van der Waals surface area contributed by atoms with Crippen LogP contribution >= 0.6 is 0 Å². The molecule has 3 heterocycles. The van der Waals surface area contributed by atoms with Gasteiger partial charge in [-0.15, -0.1) is 0 Å². The van der Waals surface area contributed by atoms with Crippen molar-refractivity contribution < 1.29 is 9.59 Å². The number of aromatic nitrogens is 1. The monoisotopic (exact) mass is 463 g/mol. The Morgan fingerprint density at radius 3 is 2.53 bits per heavy atom. The Hall–Kier alpha value is -2.77. The molecule has 4 rings (SSSR count). The van der Waals surface area contributed by atoms with E-state index in [4.69, 9.17) is 0 Å². The fraction of sp³-hybridized carbons (Fsp3) is 0.519. The van der Waals surface area contributed by atoms with Crippen molar-refractivity contribution in [1.82, 2.24) is 25.0 Å². The van der Waals surface area contributed by atoms with Crippen LogP contribution in [0.25, 0.3) is 0 Å². The Morgan fingerprint density at radius 2 is 1.88 bits per heavy atom. The molecule has 2 aliphatic heterocycles. The van der Waals surface area contributed by atoms with E-state index in [9.17, 15) is 9.59 Å². The quantitative estimate of drug-likeness (QED) is 0.684. The van der Waals surface area contributed by atoms with E-state index in [1.54, 1.807) is 29.4 Å². The summed E-state index contributed by atoms with van der Waals surface area (Å²) >= 11 is 0. The fourth-order valence-electron chi connectivity index (χ4n) is 5.03. The van der Waals surface area contributed by atoms with Crippen LogP contribution in [0, 0.1) is 12.8 Å². The Labute approximate surface area is 203 Å². The summed E-state index contributed by atoms with van der Waals surface area (Å²) in [5, 5.41) is 3.31. The van der Waals surface area contributed by atoms with Gasteiger partial charge in [-0.05, 0) is 37.0 Å². The second kappa shape index (κ2) is 11.1. The molecule has 2 aliphatic rings. The van der Waals surface area contributed by atoms with Gasteiger partial charge in [0.15, 0.2) is 0 Å². The lowest BCUT2D eigenvalue weighted by atomic mass is 10.1. The highest BCUT2D eigenvalue weighted by atomic mass is 16.2. The van der Waals surface area contributed by atoms with Crippen LogP contribution in [0.15, 0.2) is 48.8 Å². The van der Waals surface area contributed by atoms with Crippen LogP contribution in [0.1, 0.15) is 41.8 Å². The van der Waals surface area contributed by atoms with Crippen LogP contribution in [0.4, 0.5) is 0 Å². The molecular weight excluding hydrogens is 426 g/mol. The van der Waals surface area contributed by atoms with Crippen LogP contribution in [-0.2, 0) is 11.3 Å². The highest BCUT2D eigenvalue weighted by Gasteiger charge is 2.43. The summed E-state index contributed by atoms with van der Waals surface area (Å²) < 4.78 is 0. The van der Waals surface area contributed by atoms with Crippen molar-refractivity contribution in [2.24, 2.45) is 5.92 Å². The molecule has 1 aromatic carbocycles. The van der Waals surface area contributed by atoms with Crippen LogP contribution in [0.5, 0.6) is 0 Å². The molecule has 2 fully saturated rings. The van der Waals surface area contributed by atoms with Gasteiger partial charge >= 0.3 is 0 Å². The molecule has 1 aromatic heterocycles. The maximum absolute atomic E-state index is 13.6. The standard InChI is InChI=1S/C27H37N5O2/c1-20(2)17-31(18-22-8-6-21(3)7-9-22)24-15-25(27(34)30-13-11-28-12-14-30)32(19-24)26(33)23-5-4-10-29-16-23/h4-10,16,20,24-25,28H,11-15,17-19H2,1-3H3. The lowest BCUT2D eigenvalue weighted by molar-refractivity contribution is -0.135.